The Bertz CT molecular complexity index is 499. The predicted octanol–water partition coefficient (Wildman–Crippen LogP) is 4.55. The lowest BCUT2D eigenvalue weighted by Crippen LogP contribution is -2.31. The molecule has 1 aromatic heterocycles. The van der Waals surface area contributed by atoms with Gasteiger partial charge in [0.25, 0.3) is 0 Å². The third-order valence-corrected chi connectivity index (χ3v) is 5.35. The normalized spacial score (nSPS) is 30.3. The molecular formula is C16H24ClN3. The van der Waals surface area contributed by atoms with Gasteiger partial charge in [-0.05, 0) is 50.9 Å². The van der Waals surface area contributed by atoms with Crippen molar-refractivity contribution in [1.29, 1.82) is 0 Å². The average Bonchev–Trinajstić information content (AvgIpc) is 3.23. The molecule has 20 heavy (non-hydrogen) atoms. The van der Waals surface area contributed by atoms with Gasteiger partial charge in [0.2, 0.25) is 0 Å². The third-order valence-electron chi connectivity index (χ3n) is 4.99. The smallest absolute Gasteiger partial charge is 0.137 e. The lowest BCUT2D eigenvalue weighted by Gasteiger charge is -2.33. The maximum atomic E-state index is 6.27. The zero-order chi connectivity index (χ0) is 14.3. The first-order valence-corrected chi connectivity index (χ1v) is 8.23. The Morgan fingerprint density at radius 3 is 2.45 bits per heavy atom. The van der Waals surface area contributed by atoms with Gasteiger partial charge >= 0.3 is 0 Å². The van der Waals surface area contributed by atoms with Gasteiger partial charge in [-0.15, -0.1) is 0 Å². The molecule has 1 heterocycles. The molecule has 3 rings (SSSR count). The largest absolute Gasteiger partial charge is 0.367 e. The molecule has 1 aromatic rings. The summed E-state index contributed by atoms with van der Waals surface area (Å²) in [7, 11) is 0. The van der Waals surface area contributed by atoms with Crippen molar-refractivity contribution in [2.75, 3.05) is 5.32 Å². The number of nitrogens with zero attached hydrogens (tertiary/aromatic N) is 2. The van der Waals surface area contributed by atoms with Crippen LogP contribution in [0.2, 0.25) is 5.15 Å². The van der Waals surface area contributed by atoms with E-state index in [1.165, 1.54) is 32.1 Å². The molecule has 110 valence electrons. The number of halogens is 1. The minimum Gasteiger partial charge on any atom is -0.367 e. The van der Waals surface area contributed by atoms with Crippen molar-refractivity contribution in [1.82, 2.24) is 9.97 Å². The highest BCUT2D eigenvalue weighted by molar-refractivity contribution is 6.30. The molecule has 0 aromatic carbocycles. The molecule has 1 N–H and O–H groups in total. The first-order valence-electron chi connectivity index (χ1n) is 7.85. The quantitative estimate of drug-likeness (QED) is 0.831. The van der Waals surface area contributed by atoms with Gasteiger partial charge in [-0.1, -0.05) is 25.4 Å². The van der Waals surface area contributed by atoms with Crippen LogP contribution in [0.15, 0.2) is 0 Å². The molecule has 2 saturated carbocycles. The zero-order valence-corrected chi connectivity index (χ0v) is 13.4. The van der Waals surface area contributed by atoms with E-state index < -0.39 is 0 Å². The average molecular weight is 294 g/mol. The van der Waals surface area contributed by atoms with Gasteiger partial charge < -0.3 is 5.32 Å². The molecule has 0 aliphatic heterocycles. The Labute approximate surface area is 126 Å². The highest BCUT2D eigenvalue weighted by Gasteiger charge is 2.29. The van der Waals surface area contributed by atoms with Crippen molar-refractivity contribution in [3.8, 4) is 0 Å². The molecule has 3 unspecified atom stereocenters. The first-order chi connectivity index (χ1) is 9.54. The number of hydrogen-bond donors (Lipinski definition) is 1. The molecule has 0 amide bonds. The van der Waals surface area contributed by atoms with E-state index in [4.69, 9.17) is 16.6 Å². The standard InChI is InChI=1S/C16H24ClN3/c1-9-4-7-13(8-10(9)2)18-15-11(3)14(17)19-16(20-15)12-5-6-12/h9-10,12-13H,4-8H2,1-3H3,(H,18,19,20). The summed E-state index contributed by atoms with van der Waals surface area (Å²) in [6.45, 7) is 6.73. The fourth-order valence-electron chi connectivity index (χ4n) is 3.04. The van der Waals surface area contributed by atoms with E-state index in [-0.39, 0.29) is 0 Å². The zero-order valence-electron chi connectivity index (χ0n) is 12.6. The number of nitrogens with one attached hydrogen (secondary N) is 1. The monoisotopic (exact) mass is 293 g/mol. The molecule has 2 fully saturated rings. The van der Waals surface area contributed by atoms with Crippen LogP contribution in [0, 0.1) is 18.8 Å². The molecule has 3 nitrogen and oxygen atoms in total. The van der Waals surface area contributed by atoms with Gasteiger partial charge in [-0.2, -0.15) is 0 Å². The van der Waals surface area contributed by atoms with Crippen LogP contribution in [-0.4, -0.2) is 16.0 Å². The molecule has 0 saturated heterocycles. The molecule has 0 spiro atoms. The maximum absolute atomic E-state index is 6.27. The summed E-state index contributed by atoms with van der Waals surface area (Å²) >= 11 is 6.27. The summed E-state index contributed by atoms with van der Waals surface area (Å²) in [5.74, 6) is 4.05. The van der Waals surface area contributed by atoms with Gasteiger partial charge in [0.15, 0.2) is 0 Å². The molecule has 4 heteroatoms. The Morgan fingerprint density at radius 2 is 1.80 bits per heavy atom. The lowest BCUT2D eigenvalue weighted by atomic mass is 9.79. The van der Waals surface area contributed by atoms with Crippen molar-refractivity contribution < 1.29 is 0 Å². The Kier molecular flexibility index (Phi) is 3.89. The van der Waals surface area contributed by atoms with Crippen LogP contribution in [0.3, 0.4) is 0 Å². The highest BCUT2D eigenvalue weighted by Crippen LogP contribution is 2.40. The van der Waals surface area contributed by atoms with Crippen molar-refractivity contribution in [3.05, 3.63) is 16.5 Å². The summed E-state index contributed by atoms with van der Waals surface area (Å²) in [5.41, 5.74) is 0.988. The van der Waals surface area contributed by atoms with Gasteiger partial charge in [0.05, 0.1) is 0 Å². The number of anilines is 1. The second-order valence-electron chi connectivity index (χ2n) is 6.73. The van der Waals surface area contributed by atoms with Crippen LogP contribution in [0.5, 0.6) is 0 Å². The van der Waals surface area contributed by atoms with Crippen molar-refractivity contribution >= 4 is 17.4 Å². The fraction of sp³-hybridized carbons (Fsp3) is 0.750. The second-order valence-corrected chi connectivity index (χ2v) is 7.09. The van der Waals surface area contributed by atoms with E-state index in [9.17, 15) is 0 Å². The van der Waals surface area contributed by atoms with E-state index in [1.54, 1.807) is 0 Å². The van der Waals surface area contributed by atoms with Crippen LogP contribution >= 0.6 is 11.6 Å². The molecule has 2 aliphatic carbocycles. The number of rotatable bonds is 3. The summed E-state index contributed by atoms with van der Waals surface area (Å²) in [6.07, 6.45) is 6.16. The molecule has 3 atom stereocenters. The summed E-state index contributed by atoms with van der Waals surface area (Å²) in [6, 6.07) is 0.526. The van der Waals surface area contributed by atoms with Crippen molar-refractivity contribution in [2.45, 2.75) is 64.8 Å². The fourth-order valence-corrected chi connectivity index (χ4v) is 3.22. The van der Waals surface area contributed by atoms with E-state index in [1.807, 2.05) is 6.92 Å². The topological polar surface area (TPSA) is 37.8 Å². The Balaban J connectivity index is 1.76. The van der Waals surface area contributed by atoms with E-state index >= 15 is 0 Å². The summed E-state index contributed by atoms with van der Waals surface area (Å²) in [5, 5.41) is 4.24. The van der Waals surface area contributed by atoms with Gasteiger partial charge in [-0.3, -0.25) is 0 Å². The Morgan fingerprint density at radius 1 is 1.05 bits per heavy atom. The van der Waals surface area contributed by atoms with E-state index in [0.717, 1.165) is 29.0 Å². The SMILES string of the molecule is Cc1c(Cl)nc(C2CC2)nc1NC1CCC(C)C(C)C1. The number of hydrogen-bond acceptors (Lipinski definition) is 3. The second kappa shape index (κ2) is 5.51. The van der Waals surface area contributed by atoms with Crippen LogP contribution in [0.25, 0.3) is 0 Å². The van der Waals surface area contributed by atoms with Gasteiger partial charge in [0.1, 0.15) is 16.8 Å². The summed E-state index contributed by atoms with van der Waals surface area (Å²) in [4.78, 5) is 9.16. The Hall–Kier alpha value is -0.830. The maximum Gasteiger partial charge on any atom is 0.137 e. The summed E-state index contributed by atoms with van der Waals surface area (Å²) < 4.78 is 0. The van der Waals surface area contributed by atoms with Crippen LogP contribution in [0.1, 0.15) is 63.3 Å². The van der Waals surface area contributed by atoms with Crippen LogP contribution < -0.4 is 5.32 Å². The lowest BCUT2D eigenvalue weighted by molar-refractivity contribution is 0.260. The minimum atomic E-state index is 0.526. The van der Waals surface area contributed by atoms with E-state index in [0.29, 0.717) is 17.1 Å². The van der Waals surface area contributed by atoms with Crippen LogP contribution in [-0.2, 0) is 0 Å². The van der Waals surface area contributed by atoms with Crippen molar-refractivity contribution in [2.24, 2.45) is 11.8 Å². The predicted molar refractivity (Wildman–Crippen MR) is 83.3 cm³/mol. The van der Waals surface area contributed by atoms with Crippen molar-refractivity contribution in [3.63, 3.8) is 0 Å². The van der Waals surface area contributed by atoms with Gasteiger partial charge in [0, 0.05) is 17.5 Å². The minimum absolute atomic E-state index is 0.526. The molecule has 0 bridgehead atoms. The van der Waals surface area contributed by atoms with Gasteiger partial charge in [-0.25, -0.2) is 9.97 Å². The number of aromatic nitrogens is 2. The highest BCUT2D eigenvalue weighted by atomic mass is 35.5. The third kappa shape index (κ3) is 2.93. The molecule has 2 aliphatic rings. The van der Waals surface area contributed by atoms with Crippen LogP contribution in [0.4, 0.5) is 5.82 Å². The van der Waals surface area contributed by atoms with E-state index in [2.05, 4.69) is 24.1 Å². The first kappa shape index (κ1) is 14.1. The molecular weight excluding hydrogens is 270 g/mol. The molecule has 0 radical (unpaired) electrons.